The standard InChI is InChI=1S/C17H20NP/c1-18(2)14-9-15-19(16-10-5-3-6-11-16)17-12-7-4-8-13-17/h3-13,15H,14H2,1-2H3/b15-9-. The van der Waals surface area contributed by atoms with E-state index in [4.69, 9.17) is 0 Å². The van der Waals surface area contributed by atoms with Crippen LogP contribution in [0.3, 0.4) is 0 Å². The first-order valence-electron chi connectivity index (χ1n) is 6.48. The van der Waals surface area contributed by atoms with Crippen LogP contribution in [0.5, 0.6) is 0 Å². The Kier molecular flexibility index (Phi) is 5.32. The molecule has 0 bridgehead atoms. The molecule has 2 heteroatoms. The van der Waals surface area contributed by atoms with E-state index >= 15 is 0 Å². The third-order valence-electron chi connectivity index (χ3n) is 2.79. The molecule has 0 radical (unpaired) electrons. The van der Waals surface area contributed by atoms with Crippen molar-refractivity contribution in [2.45, 2.75) is 0 Å². The maximum Gasteiger partial charge on any atom is 0.0160 e. The Labute approximate surface area is 117 Å². The van der Waals surface area contributed by atoms with E-state index < -0.39 is 0 Å². The van der Waals surface area contributed by atoms with Crippen molar-refractivity contribution in [1.29, 1.82) is 0 Å². The van der Waals surface area contributed by atoms with Crippen molar-refractivity contribution in [3.63, 3.8) is 0 Å². The lowest BCUT2D eigenvalue weighted by atomic mass is 10.4. The van der Waals surface area contributed by atoms with Crippen LogP contribution in [-0.2, 0) is 0 Å². The van der Waals surface area contributed by atoms with Crippen LogP contribution in [0.1, 0.15) is 0 Å². The summed E-state index contributed by atoms with van der Waals surface area (Å²) < 4.78 is 0. The summed E-state index contributed by atoms with van der Waals surface area (Å²) in [6.45, 7) is 0.985. The molecule has 2 aromatic carbocycles. The second kappa shape index (κ2) is 7.23. The molecule has 0 N–H and O–H groups in total. The van der Waals surface area contributed by atoms with Gasteiger partial charge in [0.1, 0.15) is 0 Å². The van der Waals surface area contributed by atoms with Gasteiger partial charge in [0, 0.05) is 6.54 Å². The van der Waals surface area contributed by atoms with Gasteiger partial charge in [0.25, 0.3) is 0 Å². The van der Waals surface area contributed by atoms with Crippen molar-refractivity contribution in [2.24, 2.45) is 0 Å². The second-order valence-corrected chi connectivity index (χ2v) is 6.76. The number of hydrogen-bond acceptors (Lipinski definition) is 1. The van der Waals surface area contributed by atoms with Crippen LogP contribution in [-0.4, -0.2) is 25.5 Å². The summed E-state index contributed by atoms with van der Waals surface area (Å²) in [5.41, 5.74) is 0. The number of nitrogens with zero attached hydrogens (tertiary/aromatic N) is 1. The number of hydrogen-bond donors (Lipinski definition) is 0. The Hall–Kier alpha value is -1.43. The largest absolute Gasteiger partial charge is 0.306 e. The molecule has 0 saturated carbocycles. The Morgan fingerprint density at radius 1 is 0.842 bits per heavy atom. The van der Waals surface area contributed by atoms with Crippen molar-refractivity contribution in [3.05, 3.63) is 72.6 Å². The Balaban J connectivity index is 2.27. The highest BCUT2D eigenvalue weighted by atomic mass is 31.1. The number of likely N-dealkylation sites (N-methyl/N-ethyl adjacent to an activating group) is 1. The normalized spacial score (nSPS) is 11.6. The molecular weight excluding hydrogens is 249 g/mol. The molecule has 0 spiro atoms. The summed E-state index contributed by atoms with van der Waals surface area (Å²) in [5, 5.41) is 2.80. The van der Waals surface area contributed by atoms with Gasteiger partial charge >= 0.3 is 0 Å². The molecule has 0 amide bonds. The third kappa shape index (κ3) is 4.31. The SMILES string of the molecule is CN(C)C/C=C\P(c1ccccc1)c1ccccc1. The van der Waals surface area contributed by atoms with Crippen molar-refractivity contribution in [2.75, 3.05) is 20.6 Å². The molecule has 0 heterocycles. The fourth-order valence-electron chi connectivity index (χ4n) is 1.86. The van der Waals surface area contributed by atoms with Gasteiger partial charge in [-0.05, 0) is 32.6 Å². The lowest BCUT2D eigenvalue weighted by Gasteiger charge is -2.15. The van der Waals surface area contributed by atoms with Gasteiger partial charge in [0.2, 0.25) is 0 Å². The molecule has 0 aliphatic rings. The Morgan fingerprint density at radius 2 is 1.32 bits per heavy atom. The van der Waals surface area contributed by atoms with E-state index in [0.717, 1.165) is 6.54 Å². The van der Waals surface area contributed by atoms with Crippen LogP contribution >= 0.6 is 7.92 Å². The van der Waals surface area contributed by atoms with Crippen molar-refractivity contribution in [3.8, 4) is 0 Å². The second-order valence-electron chi connectivity index (χ2n) is 4.69. The monoisotopic (exact) mass is 269 g/mol. The minimum absolute atomic E-state index is 0.389. The summed E-state index contributed by atoms with van der Waals surface area (Å²) in [5.74, 6) is 2.36. The Bertz CT molecular complexity index is 466. The van der Waals surface area contributed by atoms with Gasteiger partial charge in [-0.15, -0.1) is 0 Å². The zero-order chi connectivity index (χ0) is 13.5. The van der Waals surface area contributed by atoms with Crippen molar-refractivity contribution >= 4 is 18.5 Å². The molecule has 0 aliphatic heterocycles. The van der Waals surface area contributed by atoms with E-state index in [0.29, 0.717) is 0 Å². The molecule has 0 fully saturated rings. The maximum absolute atomic E-state index is 2.36. The summed E-state index contributed by atoms with van der Waals surface area (Å²) in [6, 6.07) is 21.5. The smallest absolute Gasteiger partial charge is 0.0160 e. The molecular formula is C17H20NP. The van der Waals surface area contributed by atoms with Crippen LogP contribution in [0.15, 0.2) is 72.6 Å². The van der Waals surface area contributed by atoms with Crippen LogP contribution in [0.25, 0.3) is 0 Å². The van der Waals surface area contributed by atoms with Crippen molar-refractivity contribution in [1.82, 2.24) is 4.90 Å². The van der Waals surface area contributed by atoms with Gasteiger partial charge in [0.15, 0.2) is 0 Å². The summed E-state index contributed by atoms with van der Waals surface area (Å²) in [7, 11) is 3.80. The summed E-state index contributed by atoms with van der Waals surface area (Å²) in [6.07, 6.45) is 2.27. The van der Waals surface area contributed by atoms with Gasteiger partial charge in [-0.1, -0.05) is 72.6 Å². The first-order valence-corrected chi connectivity index (χ1v) is 7.89. The van der Waals surface area contributed by atoms with E-state index in [9.17, 15) is 0 Å². The number of rotatable bonds is 5. The first-order chi connectivity index (χ1) is 9.27. The van der Waals surface area contributed by atoms with E-state index in [1.807, 2.05) is 0 Å². The minimum Gasteiger partial charge on any atom is -0.306 e. The molecule has 19 heavy (non-hydrogen) atoms. The third-order valence-corrected chi connectivity index (χ3v) is 5.01. The highest BCUT2D eigenvalue weighted by Gasteiger charge is 2.09. The lowest BCUT2D eigenvalue weighted by Crippen LogP contribution is -2.12. The molecule has 0 saturated heterocycles. The highest BCUT2D eigenvalue weighted by molar-refractivity contribution is 7.75. The molecule has 1 nitrogen and oxygen atoms in total. The van der Waals surface area contributed by atoms with Crippen LogP contribution < -0.4 is 10.6 Å². The average Bonchev–Trinajstić information content (AvgIpc) is 2.45. The fourth-order valence-corrected chi connectivity index (χ4v) is 3.80. The topological polar surface area (TPSA) is 3.24 Å². The molecule has 98 valence electrons. The van der Waals surface area contributed by atoms with Gasteiger partial charge in [-0.3, -0.25) is 0 Å². The van der Waals surface area contributed by atoms with Crippen molar-refractivity contribution < 1.29 is 0 Å². The van der Waals surface area contributed by atoms with E-state index in [1.54, 1.807) is 0 Å². The lowest BCUT2D eigenvalue weighted by molar-refractivity contribution is 0.457. The van der Waals surface area contributed by atoms with E-state index in [1.165, 1.54) is 10.6 Å². The Morgan fingerprint density at radius 3 is 1.74 bits per heavy atom. The van der Waals surface area contributed by atoms with Gasteiger partial charge in [0.05, 0.1) is 0 Å². The highest BCUT2D eigenvalue weighted by Crippen LogP contribution is 2.34. The molecule has 0 aromatic heterocycles. The predicted octanol–water partition coefficient (Wildman–Crippen LogP) is 3.19. The summed E-state index contributed by atoms with van der Waals surface area (Å²) >= 11 is 0. The average molecular weight is 269 g/mol. The van der Waals surface area contributed by atoms with E-state index in [-0.39, 0.29) is 7.92 Å². The van der Waals surface area contributed by atoms with Gasteiger partial charge < -0.3 is 4.90 Å². The minimum atomic E-state index is -0.389. The quantitative estimate of drug-likeness (QED) is 0.753. The molecule has 0 aliphatic carbocycles. The van der Waals surface area contributed by atoms with Crippen LogP contribution in [0.2, 0.25) is 0 Å². The first kappa shape index (κ1) is 14.0. The molecule has 2 rings (SSSR count). The fraction of sp³-hybridized carbons (Fsp3) is 0.176. The molecule has 0 atom stereocenters. The molecule has 2 aromatic rings. The van der Waals surface area contributed by atoms with Crippen LogP contribution in [0.4, 0.5) is 0 Å². The van der Waals surface area contributed by atoms with Gasteiger partial charge in [-0.2, -0.15) is 0 Å². The summed E-state index contributed by atoms with van der Waals surface area (Å²) in [4.78, 5) is 2.18. The zero-order valence-electron chi connectivity index (χ0n) is 11.5. The maximum atomic E-state index is 2.36. The molecule has 0 unspecified atom stereocenters. The van der Waals surface area contributed by atoms with Gasteiger partial charge in [-0.25, -0.2) is 0 Å². The zero-order valence-corrected chi connectivity index (χ0v) is 12.4. The van der Waals surface area contributed by atoms with Crippen LogP contribution in [0, 0.1) is 0 Å². The predicted molar refractivity (Wildman–Crippen MR) is 86.8 cm³/mol. The van der Waals surface area contributed by atoms with E-state index in [2.05, 4.69) is 91.6 Å². The number of benzene rings is 2.